The largest absolute Gasteiger partial charge is 0.348 e. The van der Waals surface area contributed by atoms with Gasteiger partial charge in [-0.15, -0.1) is 0 Å². The van der Waals surface area contributed by atoms with Gasteiger partial charge in [-0.25, -0.2) is 4.98 Å². The van der Waals surface area contributed by atoms with E-state index >= 15 is 0 Å². The molecule has 2 heterocycles. The summed E-state index contributed by atoms with van der Waals surface area (Å²) in [5, 5.41) is 4.21. The van der Waals surface area contributed by atoms with Crippen LogP contribution in [0.4, 0.5) is 5.69 Å². The van der Waals surface area contributed by atoms with Crippen LogP contribution in [0.1, 0.15) is 35.7 Å². The number of nitrogens with one attached hydrogen (secondary N) is 2. The number of para-hydroxylation sites is 2. The molecule has 1 aliphatic heterocycles. The summed E-state index contributed by atoms with van der Waals surface area (Å²) in [5.74, 6) is 1.46. The highest BCUT2D eigenvalue weighted by Gasteiger charge is 2.25. The van der Waals surface area contributed by atoms with Crippen molar-refractivity contribution in [3.8, 4) is 0 Å². The second-order valence-corrected chi connectivity index (χ2v) is 7.54. The normalized spacial score (nSPS) is 17.5. The van der Waals surface area contributed by atoms with E-state index in [1.54, 1.807) is 0 Å². The molecule has 134 valence electrons. The Bertz CT molecular complexity index is 913. The van der Waals surface area contributed by atoms with Crippen LogP contribution in [-0.4, -0.2) is 33.1 Å². The van der Waals surface area contributed by atoms with Gasteiger partial charge in [-0.1, -0.05) is 18.2 Å². The first kappa shape index (κ1) is 17.0. The van der Waals surface area contributed by atoms with E-state index in [4.69, 9.17) is 17.2 Å². The van der Waals surface area contributed by atoms with Crippen molar-refractivity contribution in [3.05, 3.63) is 59.4 Å². The van der Waals surface area contributed by atoms with Gasteiger partial charge in [0, 0.05) is 24.7 Å². The summed E-state index contributed by atoms with van der Waals surface area (Å²) < 4.78 is 0. The van der Waals surface area contributed by atoms with Gasteiger partial charge in [0.15, 0.2) is 5.11 Å². The summed E-state index contributed by atoms with van der Waals surface area (Å²) in [5.41, 5.74) is 5.77. The maximum Gasteiger partial charge on any atom is 0.173 e. The lowest BCUT2D eigenvalue weighted by molar-refractivity contribution is 0.307. The Hall–Kier alpha value is -2.40. The molecular formula is C21H24N4S. The molecule has 1 aromatic heterocycles. The molecule has 1 aliphatic rings. The molecule has 0 amide bonds. The Morgan fingerprint density at radius 1 is 1.19 bits per heavy atom. The van der Waals surface area contributed by atoms with Crippen LogP contribution in [0, 0.1) is 13.8 Å². The van der Waals surface area contributed by atoms with E-state index in [0.29, 0.717) is 5.92 Å². The van der Waals surface area contributed by atoms with Gasteiger partial charge >= 0.3 is 0 Å². The number of likely N-dealkylation sites (tertiary alicyclic amines) is 1. The lowest BCUT2D eigenvalue weighted by atomic mass is 9.98. The van der Waals surface area contributed by atoms with Gasteiger partial charge in [0.05, 0.1) is 11.0 Å². The van der Waals surface area contributed by atoms with Crippen molar-refractivity contribution in [2.75, 3.05) is 18.4 Å². The number of aromatic nitrogens is 2. The second kappa shape index (κ2) is 7.08. The number of aryl methyl sites for hydroxylation is 2. The first-order valence-electron chi connectivity index (χ1n) is 9.18. The summed E-state index contributed by atoms with van der Waals surface area (Å²) in [7, 11) is 0. The van der Waals surface area contributed by atoms with Crippen LogP contribution >= 0.6 is 12.2 Å². The molecular weight excluding hydrogens is 340 g/mol. The summed E-state index contributed by atoms with van der Waals surface area (Å²) in [6.45, 7) is 6.14. The fraction of sp³-hybridized carbons (Fsp3) is 0.333. The summed E-state index contributed by atoms with van der Waals surface area (Å²) in [6, 6.07) is 14.6. The van der Waals surface area contributed by atoms with Crippen LogP contribution in [0.15, 0.2) is 42.5 Å². The minimum Gasteiger partial charge on any atom is -0.348 e. The van der Waals surface area contributed by atoms with Crippen LogP contribution in [0.25, 0.3) is 11.0 Å². The van der Waals surface area contributed by atoms with Crippen LogP contribution in [0.2, 0.25) is 0 Å². The van der Waals surface area contributed by atoms with E-state index in [0.717, 1.165) is 53.6 Å². The molecule has 2 N–H and O–H groups in total. The Morgan fingerprint density at radius 3 is 2.85 bits per heavy atom. The number of benzene rings is 2. The molecule has 0 unspecified atom stereocenters. The van der Waals surface area contributed by atoms with Gasteiger partial charge in [0.1, 0.15) is 5.82 Å². The SMILES string of the molecule is Cc1ccc(NC(=S)N2CCC[C@H](c3nc4ccccc4[nH]3)C2)cc1C. The molecule has 0 bridgehead atoms. The molecule has 4 rings (SSSR count). The van der Waals surface area contributed by atoms with E-state index in [1.165, 1.54) is 11.1 Å². The third-order valence-electron chi connectivity index (χ3n) is 5.26. The van der Waals surface area contributed by atoms with E-state index in [-0.39, 0.29) is 0 Å². The Morgan fingerprint density at radius 2 is 2.04 bits per heavy atom. The zero-order valence-electron chi connectivity index (χ0n) is 15.2. The molecule has 0 saturated carbocycles. The molecule has 3 aromatic rings. The fourth-order valence-electron chi connectivity index (χ4n) is 3.57. The lowest BCUT2D eigenvalue weighted by Crippen LogP contribution is -2.41. The molecule has 26 heavy (non-hydrogen) atoms. The molecule has 0 aliphatic carbocycles. The van der Waals surface area contributed by atoms with Gasteiger partial charge in [-0.2, -0.15) is 0 Å². The number of imidazole rings is 1. The molecule has 1 fully saturated rings. The van der Waals surface area contributed by atoms with Crippen molar-refractivity contribution in [1.29, 1.82) is 0 Å². The van der Waals surface area contributed by atoms with Crippen LogP contribution < -0.4 is 5.32 Å². The van der Waals surface area contributed by atoms with Crippen molar-refractivity contribution < 1.29 is 0 Å². The maximum atomic E-state index is 5.68. The highest BCUT2D eigenvalue weighted by atomic mass is 32.1. The van der Waals surface area contributed by atoms with Gasteiger partial charge in [-0.3, -0.25) is 0 Å². The summed E-state index contributed by atoms with van der Waals surface area (Å²) >= 11 is 5.68. The van der Waals surface area contributed by atoms with Crippen molar-refractivity contribution in [3.63, 3.8) is 0 Å². The Balaban J connectivity index is 1.47. The predicted octanol–water partition coefficient (Wildman–Crippen LogP) is 4.76. The van der Waals surface area contributed by atoms with Crippen LogP contribution in [-0.2, 0) is 0 Å². The number of thiocarbonyl (C=S) groups is 1. The third kappa shape index (κ3) is 3.44. The van der Waals surface area contributed by atoms with Gasteiger partial charge in [0.25, 0.3) is 0 Å². The number of hydrogen-bond donors (Lipinski definition) is 2. The van der Waals surface area contributed by atoms with Crippen molar-refractivity contribution >= 4 is 34.1 Å². The molecule has 1 atom stereocenters. The molecule has 2 aromatic carbocycles. The number of fused-ring (bicyclic) bond motifs is 1. The average molecular weight is 365 g/mol. The zero-order chi connectivity index (χ0) is 18.1. The van der Waals surface area contributed by atoms with E-state index in [9.17, 15) is 0 Å². The number of hydrogen-bond acceptors (Lipinski definition) is 2. The van der Waals surface area contributed by atoms with Crippen molar-refractivity contribution in [1.82, 2.24) is 14.9 Å². The zero-order valence-corrected chi connectivity index (χ0v) is 16.1. The lowest BCUT2D eigenvalue weighted by Gasteiger charge is -2.33. The van der Waals surface area contributed by atoms with E-state index in [2.05, 4.69) is 59.4 Å². The summed E-state index contributed by atoms with van der Waals surface area (Å²) in [6.07, 6.45) is 2.26. The molecule has 4 nitrogen and oxygen atoms in total. The molecule has 0 radical (unpaired) electrons. The quantitative estimate of drug-likeness (QED) is 0.644. The van der Waals surface area contributed by atoms with Crippen molar-refractivity contribution in [2.45, 2.75) is 32.6 Å². The minimum atomic E-state index is 0.385. The average Bonchev–Trinajstić information content (AvgIpc) is 3.09. The topological polar surface area (TPSA) is 44.0 Å². The number of piperidine rings is 1. The van der Waals surface area contributed by atoms with Crippen LogP contribution in [0.3, 0.4) is 0 Å². The molecule has 1 saturated heterocycles. The first-order valence-corrected chi connectivity index (χ1v) is 9.59. The summed E-state index contributed by atoms with van der Waals surface area (Å²) in [4.78, 5) is 10.5. The highest BCUT2D eigenvalue weighted by molar-refractivity contribution is 7.80. The fourth-order valence-corrected chi connectivity index (χ4v) is 3.86. The van der Waals surface area contributed by atoms with E-state index in [1.807, 2.05) is 12.1 Å². The Kier molecular flexibility index (Phi) is 4.64. The number of rotatable bonds is 2. The monoisotopic (exact) mass is 364 g/mol. The highest BCUT2D eigenvalue weighted by Crippen LogP contribution is 2.27. The van der Waals surface area contributed by atoms with E-state index < -0.39 is 0 Å². The Labute approximate surface area is 159 Å². The molecule has 0 spiro atoms. The molecule has 5 heteroatoms. The second-order valence-electron chi connectivity index (χ2n) is 7.15. The number of nitrogens with zero attached hydrogens (tertiary/aromatic N) is 2. The minimum absolute atomic E-state index is 0.385. The van der Waals surface area contributed by atoms with Gasteiger partial charge in [0.2, 0.25) is 0 Å². The maximum absolute atomic E-state index is 5.68. The van der Waals surface area contributed by atoms with Crippen LogP contribution in [0.5, 0.6) is 0 Å². The number of aromatic amines is 1. The van der Waals surface area contributed by atoms with Gasteiger partial charge < -0.3 is 15.2 Å². The smallest absolute Gasteiger partial charge is 0.173 e. The van der Waals surface area contributed by atoms with Crippen molar-refractivity contribution in [2.24, 2.45) is 0 Å². The van der Waals surface area contributed by atoms with Gasteiger partial charge in [-0.05, 0) is 74.3 Å². The predicted molar refractivity (Wildman–Crippen MR) is 112 cm³/mol. The first-order chi connectivity index (χ1) is 12.6. The standard InChI is InChI=1S/C21H24N4S/c1-14-9-10-17(12-15(14)2)22-21(26)25-11-5-6-16(13-25)20-23-18-7-3-4-8-19(18)24-20/h3-4,7-10,12,16H,5-6,11,13H2,1-2H3,(H,22,26)(H,23,24)/t16-/m0/s1. The third-order valence-corrected chi connectivity index (χ3v) is 5.62. The number of anilines is 1. The number of H-pyrrole nitrogens is 1.